The van der Waals surface area contributed by atoms with E-state index in [0.29, 0.717) is 0 Å². The molecule has 0 spiro atoms. The lowest BCUT2D eigenvalue weighted by Crippen LogP contribution is -2.49. The van der Waals surface area contributed by atoms with Gasteiger partial charge in [0.1, 0.15) is 0 Å². The first-order chi connectivity index (χ1) is 9.33. The molecule has 19 heavy (non-hydrogen) atoms. The summed E-state index contributed by atoms with van der Waals surface area (Å²) in [6.45, 7) is 4.87. The molecule has 1 aliphatic rings. The van der Waals surface area contributed by atoms with Gasteiger partial charge in [0.05, 0.1) is 0 Å². The van der Waals surface area contributed by atoms with Crippen LogP contribution in [0.1, 0.15) is 39.0 Å². The van der Waals surface area contributed by atoms with Crippen molar-refractivity contribution in [2.24, 2.45) is 0 Å². The van der Waals surface area contributed by atoms with Gasteiger partial charge >= 0.3 is 6.03 Å². The molecule has 1 aromatic rings. The first-order valence-corrected chi connectivity index (χ1v) is 7.44. The van der Waals surface area contributed by atoms with E-state index >= 15 is 0 Å². The molecular weight excluding hydrogens is 236 g/mol. The number of carbonyl (C=O) groups is 1. The van der Waals surface area contributed by atoms with Gasteiger partial charge < -0.3 is 4.90 Å². The molecule has 2 rings (SSSR count). The highest BCUT2D eigenvalue weighted by Gasteiger charge is 2.25. The van der Waals surface area contributed by atoms with Crippen molar-refractivity contribution >= 4 is 11.7 Å². The average Bonchev–Trinajstić information content (AvgIpc) is 2.46. The highest BCUT2D eigenvalue weighted by molar-refractivity contribution is 5.92. The second-order valence-electron chi connectivity index (χ2n) is 5.17. The number of nitrogens with zero attached hydrogens (tertiary/aromatic N) is 2. The Morgan fingerprint density at radius 1 is 1.05 bits per heavy atom. The smallest absolute Gasteiger partial charge is 0.324 e. The van der Waals surface area contributed by atoms with Crippen LogP contribution in [0, 0.1) is 0 Å². The zero-order chi connectivity index (χ0) is 13.5. The predicted octanol–water partition coefficient (Wildman–Crippen LogP) is 3.90. The Hall–Kier alpha value is -1.51. The molecule has 2 amide bonds. The number of urea groups is 1. The maximum atomic E-state index is 12.4. The van der Waals surface area contributed by atoms with E-state index in [1.807, 2.05) is 40.1 Å². The SMILES string of the molecule is CCCCCCN1CCCN(c2ccccc2)C1=O. The third-order valence-corrected chi connectivity index (χ3v) is 3.66. The Labute approximate surface area is 116 Å². The standard InChI is InChI=1S/C16H24N2O/c1-2-3-4-8-12-17-13-9-14-18(16(17)19)15-10-6-5-7-11-15/h5-7,10-11H,2-4,8-9,12-14H2,1H3. The van der Waals surface area contributed by atoms with Crippen LogP contribution in [-0.4, -0.2) is 30.6 Å². The third-order valence-electron chi connectivity index (χ3n) is 3.66. The van der Waals surface area contributed by atoms with Crippen LogP contribution in [-0.2, 0) is 0 Å². The largest absolute Gasteiger partial charge is 0.324 e. The van der Waals surface area contributed by atoms with Gasteiger partial charge in [-0.05, 0) is 25.0 Å². The lowest BCUT2D eigenvalue weighted by atomic mass is 10.2. The second kappa shape index (κ2) is 7.17. The van der Waals surface area contributed by atoms with Crippen molar-refractivity contribution in [3.8, 4) is 0 Å². The van der Waals surface area contributed by atoms with Gasteiger partial charge in [0.25, 0.3) is 0 Å². The Balaban J connectivity index is 1.91. The highest BCUT2D eigenvalue weighted by atomic mass is 16.2. The first-order valence-electron chi connectivity index (χ1n) is 7.44. The molecule has 1 aromatic carbocycles. The fourth-order valence-corrected chi connectivity index (χ4v) is 2.57. The number of hydrogen-bond acceptors (Lipinski definition) is 1. The lowest BCUT2D eigenvalue weighted by molar-refractivity contribution is 0.194. The van der Waals surface area contributed by atoms with E-state index in [9.17, 15) is 4.79 Å². The molecular formula is C16H24N2O. The van der Waals surface area contributed by atoms with Crippen LogP contribution in [0.25, 0.3) is 0 Å². The van der Waals surface area contributed by atoms with Crippen molar-refractivity contribution < 1.29 is 4.79 Å². The van der Waals surface area contributed by atoms with Gasteiger partial charge in [-0.1, -0.05) is 44.4 Å². The molecule has 1 heterocycles. The van der Waals surface area contributed by atoms with Gasteiger partial charge in [0.15, 0.2) is 0 Å². The number of amides is 2. The third kappa shape index (κ3) is 3.72. The minimum absolute atomic E-state index is 0.175. The molecule has 0 aromatic heterocycles. The maximum absolute atomic E-state index is 12.4. The van der Waals surface area contributed by atoms with E-state index in [1.165, 1.54) is 19.3 Å². The molecule has 0 aliphatic carbocycles. The van der Waals surface area contributed by atoms with Crippen LogP contribution in [0.4, 0.5) is 10.5 Å². The summed E-state index contributed by atoms with van der Waals surface area (Å²) in [5.74, 6) is 0. The van der Waals surface area contributed by atoms with Gasteiger partial charge in [-0.15, -0.1) is 0 Å². The van der Waals surface area contributed by atoms with E-state index < -0.39 is 0 Å². The van der Waals surface area contributed by atoms with Crippen molar-refractivity contribution in [3.63, 3.8) is 0 Å². The topological polar surface area (TPSA) is 23.6 Å². The number of para-hydroxylation sites is 1. The number of carbonyl (C=O) groups excluding carboxylic acids is 1. The Morgan fingerprint density at radius 3 is 2.58 bits per heavy atom. The molecule has 1 saturated heterocycles. The number of unbranched alkanes of at least 4 members (excludes halogenated alkanes) is 3. The molecule has 0 atom stereocenters. The van der Waals surface area contributed by atoms with Gasteiger partial charge in [0.2, 0.25) is 0 Å². The van der Waals surface area contributed by atoms with Gasteiger partial charge in [-0.25, -0.2) is 4.79 Å². The van der Waals surface area contributed by atoms with E-state index in [1.54, 1.807) is 0 Å². The molecule has 3 heteroatoms. The van der Waals surface area contributed by atoms with Crippen LogP contribution in [0.3, 0.4) is 0 Å². The van der Waals surface area contributed by atoms with Crippen molar-refractivity contribution in [3.05, 3.63) is 30.3 Å². The van der Waals surface area contributed by atoms with Crippen molar-refractivity contribution in [1.29, 1.82) is 0 Å². The summed E-state index contributed by atoms with van der Waals surface area (Å²) >= 11 is 0. The fraction of sp³-hybridized carbons (Fsp3) is 0.562. The molecule has 1 fully saturated rings. The monoisotopic (exact) mass is 260 g/mol. The van der Waals surface area contributed by atoms with Crippen molar-refractivity contribution in [1.82, 2.24) is 4.90 Å². The minimum Gasteiger partial charge on any atom is -0.324 e. The van der Waals surface area contributed by atoms with Gasteiger partial charge in [-0.3, -0.25) is 4.90 Å². The number of hydrogen-bond donors (Lipinski definition) is 0. The first kappa shape index (κ1) is 13.9. The Morgan fingerprint density at radius 2 is 1.84 bits per heavy atom. The van der Waals surface area contributed by atoms with Gasteiger partial charge in [-0.2, -0.15) is 0 Å². The average molecular weight is 260 g/mol. The number of rotatable bonds is 6. The quantitative estimate of drug-likeness (QED) is 0.712. The number of anilines is 1. The molecule has 0 radical (unpaired) electrons. The van der Waals surface area contributed by atoms with Crippen LogP contribution in [0.15, 0.2) is 30.3 Å². The molecule has 104 valence electrons. The molecule has 0 bridgehead atoms. The summed E-state index contributed by atoms with van der Waals surface area (Å²) < 4.78 is 0. The van der Waals surface area contributed by atoms with E-state index in [0.717, 1.165) is 38.2 Å². The lowest BCUT2D eigenvalue weighted by Gasteiger charge is -2.35. The molecule has 0 N–H and O–H groups in total. The zero-order valence-corrected chi connectivity index (χ0v) is 11.8. The molecule has 1 aliphatic heterocycles. The molecule has 0 unspecified atom stereocenters. The van der Waals surface area contributed by atoms with Crippen LogP contribution < -0.4 is 4.90 Å². The Kier molecular flexibility index (Phi) is 5.25. The minimum atomic E-state index is 0.175. The molecule has 3 nitrogen and oxygen atoms in total. The zero-order valence-electron chi connectivity index (χ0n) is 11.8. The second-order valence-corrected chi connectivity index (χ2v) is 5.17. The number of benzene rings is 1. The normalized spacial score (nSPS) is 15.9. The summed E-state index contributed by atoms with van der Waals surface area (Å²) in [4.78, 5) is 16.4. The van der Waals surface area contributed by atoms with Gasteiger partial charge in [0, 0.05) is 25.3 Å². The van der Waals surface area contributed by atoms with Crippen LogP contribution >= 0.6 is 0 Å². The van der Waals surface area contributed by atoms with E-state index in [2.05, 4.69) is 6.92 Å². The summed E-state index contributed by atoms with van der Waals surface area (Å²) in [5.41, 5.74) is 1.02. The highest BCUT2D eigenvalue weighted by Crippen LogP contribution is 2.19. The molecule has 0 saturated carbocycles. The summed E-state index contributed by atoms with van der Waals surface area (Å²) in [6.07, 6.45) is 5.93. The predicted molar refractivity (Wildman–Crippen MR) is 79.5 cm³/mol. The summed E-state index contributed by atoms with van der Waals surface area (Å²) in [6, 6.07) is 10.2. The van der Waals surface area contributed by atoms with Crippen molar-refractivity contribution in [2.75, 3.05) is 24.5 Å². The van der Waals surface area contributed by atoms with Crippen LogP contribution in [0.5, 0.6) is 0 Å². The summed E-state index contributed by atoms with van der Waals surface area (Å²) in [7, 11) is 0. The Bertz CT molecular complexity index is 391. The van der Waals surface area contributed by atoms with E-state index in [4.69, 9.17) is 0 Å². The van der Waals surface area contributed by atoms with Crippen LogP contribution in [0.2, 0.25) is 0 Å². The maximum Gasteiger partial charge on any atom is 0.324 e. The summed E-state index contributed by atoms with van der Waals surface area (Å²) in [5, 5.41) is 0. The van der Waals surface area contributed by atoms with Crippen molar-refractivity contribution in [2.45, 2.75) is 39.0 Å². The van der Waals surface area contributed by atoms with E-state index in [-0.39, 0.29) is 6.03 Å². The fourth-order valence-electron chi connectivity index (χ4n) is 2.57.